The summed E-state index contributed by atoms with van der Waals surface area (Å²) in [6.45, 7) is 3.27. The number of hydrogen-bond acceptors (Lipinski definition) is 6. The molecule has 0 spiro atoms. The van der Waals surface area contributed by atoms with E-state index >= 15 is 0 Å². The Balaban J connectivity index is 1.79. The first kappa shape index (κ1) is 13.4. The number of anilines is 3. The van der Waals surface area contributed by atoms with Crippen LogP contribution in [0.25, 0.3) is 0 Å². The van der Waals surface area contributed by atoms with E-state index in [9.17, 15) is 4.79 Å². The second kappa shape index (κ2) is 6.21. The normalized spacial score (nSPS) is 13.9. The van der Waals surface area contributed by atoms with Crippen LogP contribution < -0.4 is 21.7 Å². The number of nitrogens with one attached hydrogen (secondary N) is 3. The Morgan fingerprint density at radius 3 is 2.68 bits per heavy atom. The van der Waals surface area contributed by atoms with Crippen LogP contribution in [0.3, 0.4) is 0 Å². The number of hydrogen-bond donors (Lipinski definition) is 4. The first-order valence-electron chi connectivity index (χ1n) is 6.59. The Hall–Kier alpha value is -2.05. The number of carbonyl (C=O) groups is 1. The number of nitrogens with zero attached hydrogens (tertiary/aromatic N) is 2. The van der Waals surface area contributed by atoms with Crippen LogP contribution in [-0.2, 0) is 4.79 Å². The van der Waals surface area contributed by atoms with Gasteiger partial charge in [0, 0.05) is 31.6 Å². The van der Waals surface area contributed by atoms with Gasteiger partial charge in [-0.05, 0) is 19.8 Å². The molecule has 0 saturated heterocycles. The number of rotatable bonds is 7. The Morgan fingerprint density at radius 1 is 1.37 bits per heavy atom. The van der Waals surface area contributed by atoms with Crippen LogP contribution in [0.15, 0.2) is 6.07 Å². The number of nitrogens with two attached hydrogens (primary N) is 1. The zero-order chi connectivity index (χ0) is 13.7. The molecule has 7 heteroatoms. The van der Waals surface area contributed by atoms with Crippen LogP contribution in [0.5, 0.6) is 0 Å². The van der Waals surface area contributed by atoms with Gasteiger partial charge in [-0.1, -0.05) is 0 Å². The highest BCUT2D eigenvalue weighted by Crippen LogP contribution is 2.18. The van der Waals surface area contributed by atoms with E-state index in [1.807, 2.05) is 6.92 Å². The molecule has 2 rings (SSSR count). The fraction of sp³-hybridized carbons (Fsp3) is 0.583. The van der Waals surface area contributed by atoms with Gasteiger partial charge in [0.1, 0.15) is 11.6 Å². The van der Waals surface area contributed by atoms with Crippen LogP contribution in [0.4, 0.5) is 17.6 Å². The minimum Gasteiger partial charge on any atom is -0.370 e. The lowest BCUT2D eigenvalue weighted by Crippen LogP contribution is -2.27. The highest BCUT2D eigenvalue weighted by molar-refractivity contribution is 5.77. The van der Waals surface area contributed by atoms with Crippen LogP contribution in [0, 0.1) is 0 Å². The van der Waals surface area contributed by atoms with E-state index in [0.717, 1.165) is 19.4 Å². The summed E-state index contributed by atoms with van der Waals surface area (Å²) in [6, 6.07) is 2.18. The summed E-state index contributed by atoms with van der Waals surface area (Å²) in [6.07, 6.45) is 2.64. The number of aromatic nitrogens is 2. The van der Waals surface area contributed by atoms with Gasteiger partial charge in [-0.2, -0.15) is 9.97 Å². The molecule has 1 fully saturated rings. The summed E-state index contributed by atoms with van der Waals surface area (Å²) in [5, 5.41) is 9.08. The van der Waals surface area contributed by atoms with Crippen molar-refractivity contribution in [1.29, 1.82) is 0 Å². The van der Waals surface area contributed by atoms with Crippen molar-refractivity contribution in [3.63, 3.8) is 0 Å². The number of nitrogen functional groups attached to an aromatic ring is 1. The molecule has 1 aliphatic carbocycles. The number of amides is 1. The van der Waals surface area contributed by atoms with Crippen molar-refractivity contribution in [2.45, 2.75) is 32.2 Å². The topological polar surface area (TPSA) is 105 Å². The lowest BCUT2D eigenvalue weighted by Gasteiger charge is -2.09. The number of carbonyl (C=O) groups excluding carboxylic acids is 1. The lowest BCUT2D eigenvalue weighted by atomic mass is 10.4. The smallest absolute Gasteiger partial charge is 0.223 e. The molecule has 0 radical (unpaired) electrons. The first-order valence-corrected chi connectivity index (χ1v) is 6.59. The Bertz CT molecular complexity index is 446. The Kier molecular flexibility index (Phi) is 4.38. The van der Waals surface area contributed by atoms with E-state index in [2.05, 4.69) is 25.9 Å². The van der Waals surface area contributed by atoms with Crippen molar-refractivity contribution in [3.8, 4) is 0 Å². The minimum atomic E-state index is 0.0731. The largest absolute Gasteiger partial charge is 0.370 e. The zero-order valence-corrected chi connectivity index (χ0v) is 11.1. The van der Waals surface area contributed by atoms with Gasteiger partial charge in [0.2, 0.25) is 11.9 Å². The minimum absolute atomic E-state index is 0.0731. The molecule has 1 aromatic heterocycles. The van der Waals surface area contributed by atoms with E-state index in [1.165, 1.54) is 0 Å². The third-order valence-corrected chi connectivity index (χ3v) is 2.70. The molecule has 1 aromatic rings. The summed E-state index contributed by atoms with van der Waals surface area (Å²) < 4.78 is 0. The molecule has 0 bridgehead atoms. The summed E-state index contributed by atoms with van der Waals surface area (Å²) >= 11 is 0. The van der Waals surface area contributed by atoms with Gasteiger partial charge in [0.15, 0.2) is 0 Å². The average molecular weight is 264 g/mol. The molecule has 1 aliphatic rings. The van der Waals surface area contributed by atoms with Crippen LogP contribution in [0.1, 0.15) is 26.2 Å². The first-order chi connectivity index (χ1) is 9.17. The highest BCUT2D eigenvalue weighted by atomic mass is 16.1. The molecule has 0 aliphatic heterocycles. The standard InChI is InChI=1S/C12H20N6O/c1-2-14-9-7-10(18-12(13)17-9)15-6-5-11(19)16-8-3-4-8/h7-8H,2-6H2,1H3,(H,16,19)(H4,13,14,15,17,18). The Labute approximate surface area is 112 Å². The highest BCUT2D eigenvalue weighted by Gasteiger charge is 2.22. The molecular weight excluding hydrogens is 244 g/mol. The van der Waals surface area contributed by atoms with Crippen molar-refractivity contribution in [2.75, 3.05) is 29.5 Å². The van der Waals surface area contributed by atoms with E-state index in [4.69, 9.17) is 5.73 Å². The van der Waals surface area contributed by atoms with E-state index in [1.54, 1.807) is 6.07 Å². The summed E-state index contributed by atoms with van der Waals surface area (Å²) in [4.78, 5) is 19.6. The van der Waals surface area contributed by atoms with Gasteiger partial charge in [-0.25, -0.2) is 0 Å². The van der Waals surface area contributed by atoms with Gasteiger partial charge in [0.25, 0.3) is 0 Å². The molecule has 1 heterocycles. The van der Waals surface area contributed by atoms with Gasteiger partial charge >= 0.3 is 0 Å². The van der Waals surface area contributed by atoms with E-state index < -0.39 is 0 Å². The molecule has 0 aromatic carbocycles. The van der Waals surface area contributed by atoms with Crippen molar-refractivity contribution in [1.82, 2.24) is 15.3 Å². The Morgan fingerprint density at radius 2 is 2.05 bits per heavy atom. The van der Waals surface area contributed by atoms with E-state index in [-0.39, 0.29) is 11.9 Å². The second-order valence-corrected chi connectivity index (χ2v) is 4.55. The fourth-order valence-electron chi connectivity index (χ4n) is 1.66. The van der Waals surface area contributed by atoms with Crippen LogP contribution >= 0.6 is 0 Å². The van der Waals surface area contributed by atoms with Gasteiger partial charge in [-0.3, -0.25) is 4.79 Å². The SMILES string of the molecule is CCNc1cc(NCCC(=O)NC2CC2)nc(N)n1. The molecule has 1 amide bonds. The van der Waals surface area contributed by atoms with Crippen molar-refractivity contribution in [2.24, 2.45) is 0 Å². The van der Waals surface area contributed by atoms with Crippen molar-refractivity contribution < 1.29 is 4.79 Å². The molecule has 1 saturated carbocycles. The predicted octanol–water partition coefficient (Wildman–Crippen LogP) is 0.571. The van der Waals surface area contributed by atoms with Gasteiger partial charge in [-0.15, -0.1) is 0 Å². The molecule has 19 heavy (non-hydrogen) atoms. The molecule has 0 unspecified atom stereocenters. The molecule has 104 valence electrons. The summed E-state index contributed by atoms with van der Waals surface area (Å²) in [7, 11) is 0. The molecule has 0 atom stereocenters. The monoisotopic (exact) mass is 264 g/mol. The third kappa shape index (κ3) is 4.61. The predicted molar refractivity (Wildman–Crippen MR) is 74.9 cm³/mol. The molecular formula is C12H20N6O. The maximum atomic E-state index is 11.5. The van der Waals surface area contributed by atoms with Crippen molar-refractivity contribution >= 4 is 23.5 Å². The maximum Gasteiger partial charge on any atom is 0.223 e. The van der Waals surface area contributed by atoms with Crippen LogP contribution in [0.2, 0.25) is 0 Å². The summed E-state index contributed by atoms with van der Waals surface area (Å²) in [5.41, 5.74) is 5.61. The van der Waals surface area contributed by atoms with Gasteiger partial charge < -0.3 is 21.7 Å². The van der Waals surface area contributed by atoms with Crippen LogP contribution in [-0.4, -0.2) is 35.0 Å². The summed E-state index contributed by atoms with van der Waals surface area (Å²) in [5.74, 6) is 1.59. The second-order valence-electron chi connectivity index (χ2n) is 4.55. The maximum absolute atomic E-state index is 11.5. The quantitative estimate of drug-likeness (QED) is 0.574. The average Bonchev–Trinajstić information content (AvgIpc) is 3.12. The molecule has 5 N–H and O–H groups in total. The van der Waals surface area contributed by atoms with Gasteiger partial charge in [0.05, 0.1) is 0 Å². The van der Waals surface area contributed by atoms with Crippen molar-refractivity contribution in [3.05, 3.63) is 6.07 Å². The van der Waals surface area contributed by atoms with E-state index in [0.29, 0.717) is 30.6 Å². The third-order valence-electron chi connectivity index (χ3n) is 2.70. The fourth-order valence-corrected chi connectivity index (χ4v) is 1.66. The lowest BCUT2D eigenvalue weighted by molar-refractivity contribution is -0.120. The molecule has 7 nitrogen and oxygen atoms in total. The zero-order valence-electron chi connectivity index (χ0n) is 11.1.